The van der Waals surface area contributed by atoms with Crippen LogP contribution in [0.4, 0.5) is 0 Å². The molecule has 11 aromatic rings. The summed E-state index contributed by atoms with van der Waals surface area (Å²) >= 11 is 0. The Morgan fingerprint density at radius 1 is 0.340 bits per heavy atom. The van der Waals surface area contributed by atoms with Gasteiger partial charge in [0.25, 0.3) is 0 Å². The summed E-state index contributed by atoms with van der Waals surface area (Å²) in [6.45, 7) is 0. The first-order valence-electron chi connectivity index (χ1n) is 17.0. The van der Waals surface area contributed by atoms with Gasteiger partial charge in [-0.2, -0.15) is 4.98 Å². The molecule has 0 saturated carbocycles. The van der Waals surface area contributed by atoms with E-state index >= 15 is 0 Å². The third kappa shape index (κ3) is 3.74. The van der Waals surface area contributed by atoms with Gasteiger partial charge in [0.15, 0.2) is 5.65 Å². The number of fused-ring (bicyclic) bond motifs is 10. The summed E-state index contributed by atoms with van der Waals surface area (Å²) in [5, 5.41) is 3.61. The van der Waals surface area contributed by atoms with Crippen molar-refractivity contribution in [3.8, 4) is 28.2 Å². The van der Waals surface area contributed by atoms with Gasteiger partial charge in [0, 0.05) is 33.2 Å². The highest BCUT2D eigenvalue weighted by molar-refractivity contribution is 6.11. The molecule has 0 aliphatic heterocycles. The molecular formula is C45H29N5. The van der Waals surface area contributed by atoms with Crippen LogP contribution >= 0.6 is 0 Å². The van der Waals surface area contributed by atoms with Gasteiger partial charge in [0.05, 0.1) is 27.6 Å². The van der Waals surface area contributed by atoms with Crippen molar-refractivity contribution >= 4 is 60.7 Å². The highest BCUT2D eigenvalue weighted by atomic mass is 15.2. The molecule has 0 N–H and O–H groups in total. The van der Waals surface area contributed by atoms with E-state index in [1.54, 1.807) is 0 Å². The maximum atomic E-state index is 5.45. The molecule has 4 heterocycles. The summed E-state index contributed by atoms with van der Waals surface area (Å²) in [6.07, 6.45) is 0. The lowest BCUT2D eigenvalue weighted by Crippen LogP contribution is -1.98. The van der Waals surface area contributed by atoms with Crippen LogP contribution in [0.5, 0.6) is 0 Å². The zero-order valence-electron chi connectivity index (χ0n) is 27.0. The Bertz CT molecular complexity index is 3070. The van der Waals surface area contributed by atoms with Gasteiger partial charge in [0.2, 0.25) is 5.78 Å². The van der Waals surface area contributed by atoms with E-state index in [-0.39, 0.29) is 0 Å². The summed E-state index contributed by atoms with van der Waals surface area (Å²) in [5.41, 5.74) is 13.6. The molecule has 0 unspecified atom stereocenters. The molecule has 234 valence electrons. The summed E-state index contributed by atoms with van der Waals surface area (Å²) in [6, 6.07) is 62.8. The van der Waals surface area contributed by atoms with Crippen molar-refractivity contribution in [3.05, 3.63) is 176 Å². The summed E-state index contributed by atoms with van der Waals surface area (Å²) in [5.74, 6) is 0.895. The zero-order valence-corrected chi connectivity index (χ0v) is 27.0. The molecule has 0 amide bonds. The fourth-order valence-corrected chi connectivity index (χ4v) is 8.01. The van der Waals surface area contributed by atoms with Crippen LogP contribution in [0.1, 0.15) is 0 Å². The fourth-order valence-electron chi connectivity index (χ4n) is 8.01. The van der Waals surface area contributed by atoms with Crippen LogP contribution in [-0.2, 0) is 0 Å². The van der Waals surface area contributed by atoms with Crippen LogP contribution in [0.25, 0.3) is 88.9 Å². The molecule has 0 fully saturated rings. The predicted molar refractivity (Wildman–Crippen MR) is 206 cm³/mol. The average Bonchev–Trinajstić information content (AvgIpc) is 3.90. The minimum atomic E-state index is 0.895. The van der Waals surface area contributed by atoms with Gasteiger partial charge in [-0.25, -0.2) is 0 Å². The van der Waals surface area contributed by atoms with Crippen LogP contribution < -0.4 is 0 Å². The lowest BCUT2D eigenvalue weighted by Gasteiger charge is -2.10. The van der Waals surface area contributed by atoms with Crippen molar-refractivity contribution < 1.29 is 0 Å². The molecule has 0 radical (unpaired) electrons. The van der Waals surface area contributed by atoms with Crippen LogP contribution in [0.15, 0.2) is 176 Å². The summed E-state index contributed by atoms with van der Waals surface area (Å²) in [7, 11) is 0. The average molecular weight is 640 g/mol. The number of aromatic nitrogens is 5. The Balaban J connectivity index is 1.17. The van der Waals surface area contributed by atoms with Crippen molar-refractivity contribution in [1.82, 2.24) is 23.1 Å². The van der Waals surface area contributed by atoms with Crippen molar-refractivity contribution in [3.63, 3.8) is 0 Å². The third-order valence-corrected chi connectivity index (χ3v) is 10.2. The van der Waals surface area contributed by atoms with E-state index in [1.165, 1.54) is 38.3 Å². The van der Waals surface area contributed by atoms with Crippen molar-refractivity contribution in [2.24, 2.45) is 0 Å². The first kappa shape index (κ1) is 27.1. The second kappa shape index (κ2) is 10.3. The smallest absolute Gasteiger partial charge is 0.222 e. The van der Waals surface area contributed by atoms with Gasteiger partial charge in [-0.15, -0.1) is 0 Å². The molecule has 5 heteroatoms. The van der Waals surface area contributed by atoms with Crippen molar-refractivity contribution in [2.75, 3.05) is 0 Å². The molecule has 0 spiro atoms. The van der Waals surface area contributed by atoms with Gasteiger partial charge in [0.1, 0.15) is 5.52 Å². The molecule has 0 aliphatic rings. The van der Waals surface area contributed by atoms with Crippen LogP contribution in [-0.4, -0.2) is 23.1 Å². The molecule has 11 rings (SSSR count). The molecule has 5 nitrogen and oxygen atoms in total. The molecule has 4 aromatic heterocycles. The van der Waals surface area contributed by atoms with Gasteiger partial charge in [-0.1, -0.05) is 109 Å². The van der Waals surface area contributed by atoms with Crippen molar-refractivity contribution in [2.45, 2.75) is 0 Å². The topological polar surface area (TPSA) is 32.1 Å². The molecule has 7 aromatic carbocycles. The minimum Gasteiger partial charge on any atom is -0.309 e. The standard InChI is InChI=1S/C45H29N5/c1-3-13-30(14-4-1)31-23-25-33(26-24-31)47-38-19-9-7-17-35(38)37-29-34(27-28-40(37)47)49-41-21-11-12-22-42(41)50-43-36-18-8-10-20-39(36)48(44(43)46-45(49)50)32-15-5-2-6-16-32/h1-29H. The molecule has 0 aliphatic carbocycles. The quantitative estimate of drug-likeness (QED) is 0.189. The van der Waals surface area contributed by atoms with E-state index in [2.05, 4.69) is 194 Å². The molecular weight excluding hydrogens is 611 g/mol. The molecule has 50 heavy (non-hydrogen) atoms. The number of nitrogens with zero attached hydrogens (tertiary/aromatic N) is 5. The maximum Gasteiger partial charge on any atom is 0.222 e. The molecule has 0 bridgehead atoms. The second-order valence-corrected chi connectivity index (χ2v) is 12.9. The first-order valence-corrected chi connectivity index (χ1v) is 17.0. The SMILES string of the molecule is c1ccc(-c2ccc(-n3c4ccccc4c4cc(-n5c6ccccc6n6c7c8ccccc8n(-c8ccccc8)c7nc56)ccc43)cc2)cc1. The molecule has 0 saturated heterocycles. The number of imidazole rings is 2. The van der Waals surface area contributed by atoms with Gasteiger partial charge in [-0.3, -0.25) is 13.5 Å². The zero-order chi connectivity index (χ0) is 32.8. The monoisotopic (exact) mass is 639 g/mol. The Kier molecular flexibility index (Phi) is 5.60. The van der Waals surface area contributed by atoms with E-state index in [9.17, 15) is 0 Å². The van der Waals surface area contributed by atoms with Crippen LogP contribution in [0, 0.1) is 0 Å². The largest absolute Gasteiger partial charge is 0.309 e. The Morgan fingerprint density at radius 3 is 1.64 bits per heavy atom. The predicted octanol–water partition coefficient (Wildman–Crippen LogP) is 11.1. The summed E-state index contributed by atoms with van der Waals surface area (Å²) in [4.78, 5) is 5.45. The Labute approximate surface area is 287 Å². The highest BCUT2D eigenvalue weighted by Gasteiger charge is 2.24. The van der Waals surface area contributed by atoms with E-state index in [4.69, 9.17) is 4.98 Å². The number of para-hydroxylation sites is 5. The van der Waals surface area contributed by atoms with E-state index in [0.29, 0.717) is 0 Å². The van der Waals surface area contributed by atoms with Gasteiger partial charge < -0.3 is 4.57 Å². The van der Waals surface area contributed by atoms with Crippen LogP contribution in [0.2, 0.25) is 0 Å². The van der Waals surface area contributed by atoms with E-state index in [1.807, 2.05) is 0 Å². The first-order chi connectivity index (χ1) is 24.8. The number of benzene rings is 7. The third-order valence-electron chi connectivity index (χ3n) is 10.2. The normalized spacial score (nSPS) is 12.0. The molecule has 0 atom stereocenters. The Morgan fingerprint density at radius 2 is 0.880 bits per heavy atom. The fraction of sp³-hybridized carbons (Fsp3) is 0. The van der Waals surface area contributed by atoms with E-state index in [0.717, 1.165) is 50.6 Å². The number of hydrogen-bond acceptors (Lipinski definition) is 1. The highest BCUT2D eigenvalue weighted by Crippen LogP contribution is 2.39. The summed E-state index contributed by atoms with van der Waals surface area (Å²) < 4.78 is 9.33. The minimum absolute atomic E-state index is 0.895. The lowest BCUT2D eigenvalue weighted by atomic mass is 10.1. The van der Waals surface area contributed by atoms with Gasteiger partial charge >= 0.3 is 0 Å². The van der Waals surface area contributed by atoms with Crippen molar-refractivity contribution in [1.29, 1.82) is 0 Å². The van der Waals surface area contributed by atoms with Crippen LogP contribution in [0.3, 0.4) is 0 Å². The number of rotatable bonds is 4. The van der Waals surface area contributed by atoms with E-state index < -0.39 is 0 Å². The number of hydrogen-bond donors (Lipinski definition) is 0. The second-order valence-electron chi connectivity index (χ2n) is 12.9. The van der Waals surface area contributed by atoms with Gasteiger partial charge in [-0.05, 0) is 77.9 Å². The lowest BCUT2D eigenvalue weighted by molar-refractivity contribution is 1.09. The maximum absolute atomic E-state index is 5.45. The Hall–Kier alpha value is -6.85.